The summed E-state index contributed by atoms with van der Waals surface area (Å²) in [5.74, 6) is -2.20. The molecule has 0 radical (unpaired) electrons. The molecule has 0 aliphatic heterocycles. The summed E-state index contributed by atoms with van der Waals surface area (Å²) in [6, 6.07) is 11.0. The smallest absolute Gasteiger partial charge is 0.339 e. The van der Waals surface area contributed by atoms with Gasteiger partial charge in [0.25, 0.3) is 5.56 Å². The van der Waals surface area contributed by atoms with E-state index in [1.165, 1.54) is 24.3 Å². The fraction of sp³-hybridized carbons (Fsp3) is 0.0500. The molecule has 0 amide bonds. The van der Waals surface area contributed by atoms with E-state index in [0.29, 0.717) is 21.7 Å². The number of aromatic amines is 1. The maximum absolute atomic E-state index is 14.4. The van der Waals surface area contributed by atoms with Gasteiger partial charge >= 0.3 is 6.18 Å². The first-order chi connectivity index (χ1) is 14.2. The van der Waals surface area contributed by atoms with Crippen molar-refractivity contribution in [3.63, 3.8) is 0 Å². The molecule has 1 N–H and O–H groups in total. The van der Waals surface area contributed by atoms with E-state index < -0.39 is 45.8 Å². The number of rotatable bonds is 2. The lowest BCUT2D eigenvalue weighted by Gasteiger charge is -2.08. The lowest BCUT2D eigenvalue weighted by Crippen LogP contribution is -2.15. The fourth-order valence-corrected chi connectivity index (χ4v) is 3.07. The summed E-state index contributed by atoms with van der Waals surface area (Å²) < 4.78 is 68.9. The minimum atomic E-state index is -5.00. The Labute approximate surface area is 164 Å². The van der Waals surface area contributed by atoms with Crippen LogP contribution in [0.2, 0.25) is 0 Å². The third kappa shape index (κ3) is 3.20. The van der Waals surface area contributed by atoms with Gasteiger partial charge in [-0.15, -0.1) is 0 Å². The van der Waals surface area contributed by atoms with Gasteiger partial charge in [0, 0.05) is 17.7 Å². The maximum atomic E-state index is 14.4. The first-order valence-electron chi connectivity index (χ1n) is 8.38. The minimum absolute atomic E-state index is 0.134. The summed E-state index contributed by atoms with van der Waals surface area (Å²) >= 11 is 0. The summed E-state index contributed by atoms with van der Waals surface area (Å²) in [5, 5.41) is 12.2. The number of alkyl halides is 3. The van der Waals surface area contributed by atoms with Crippen LogP contribution < -0.4 is 5.56 Å². The third-order valence-electron chi connectivity index (χ3n) is 4.41. The minimum Gasteiger partial charge on any atom is -0.339 e. The Hall–Kier alpha value is -4.00. The zero-order valence-corrected chi connectivity index (χ0v) is 14.8. The van der Waals surface area contributed by atoms with Crippen LogP contribution in [0, 0.1) is 23.0 Å². The fourth-order valence-electron chi connectivity index (χ4n) is 3.07. The molecule has 0 bridgehead atoms. The molecular weight excluding hydrogens is 407 g/mol. The number of H-pyrrole nitrogens is 1. The summed E-state index contributed by atoms with van der Waals surface area (Å²) in [6.07, 6.45) is -5.00. The van der Waals surface area contributed by atoms with Crippen molar-refractivity contribution < 1.29 is 22.0 Å². The SMILES string of the molecule is N#Cc1ccc(-c2cc(=O)n3nc(C(F)(F)F)c(-c4ccc(F)cc4F)c3[nH]2)cc1. The number of nitrogens with zero attached hydrogens (tertiary/aromatic N) is 3. The highest BCUT2D eigenvalue weighted by molar-refractivity contribution is 5.82. The predicted octanol–water partition coefficient (Wildman–Crippen LogP) is 4.53. The van der Waals surface area contributed by atoms with Crippen LogP contribution in [0.25, 0.3) is 28.0 Å². The van der Waals surface area contributed by atoms with E-state index in [2.05, 4.69) is 10.1 Å². The Kier molecular flexibility index (Phi) is 4.38. The van der Waals surface area contributed by atoms with Crippen LogP contribution in [-0.2, 0) is 6.18 Å². The van der Waals surface area contributed by atoms with Gasteiger partial charge < -0.3 is 4.98 Å². The Balaban J connectivity index is 2.06. The Morgan fingerprint density at radius 1 is 1.03 bits per heavy atom. The first-order valence-corrected chi connectivity index (χ1v) is 8.38. The van der Waals surface area contributed by atoms with Gasteiger partial charge in [0.15, 0.2) is 5.69 Å². The second kappa shape index (κ2) is 6.81. The number of benzene rings is 2. The quantitative estimate of drug-likeness (QED) is 0.488. The molecule has 0 aliphatic rings. The van der Waals surface area contributed by atoms with Crippen molar-refractivity contribution in [3.8, 4) is 28.5 Å². The van der Waals surface area contributed by atoms with Gasteiger partial charge in [-0.05, 0) is 29.8 Å². The van der Waals surface area contributed by atoms with Crippen molar-refractivity contribution in [1.29, 1.82) is 5.26 Å². The average molecular weight is 416 g/mol. The van der Waals surface area contributed by atoms with Crippen LogP contribution in [-0.4, -0.2) is 14.6 Å². The van der Waals surface area contributed by atoms with Gasteiger partial charge in [0.1, 0.15) is 17.3 Å². The van der Waals surface area contributed by atoms with Crippen molar-refractivity contribution in [2.75, 3.05) is 0 Å². The first kappa shape index (κ1) is 19.3. The predicted molar refractivity (Wildman–Crippen MR) is 96.3 cm³/mol. The number of hydrogen-bond acceptors (Lipinski definition) is 3. The van der Waals surface area contributed by atoms with Crippen LogP contribution >= 0.6 is 0 Å². The molecule has 5 nitrogen and oxygen atoms in total. The molecule has 2 aromatic heterocycles. The van der Waals surface area contributed by atoms with E-state index in [4.69, 9.17) is 5.26 Å². The van der Waals surface area contributed by atoms with E-state index in [1.54, 1.807) is 0 Å². The Morgan fingerprint density at radius 3 is 2.33 bits per heavy atom. The van der Waals surface area contributed by atoms with Gasteiger partial charge in [0.2, 0.25) is 0 Å². The van der Waals surface area contributed by atoms with Crippen molar-refractivity contribution >= 4 is 5.65 Å². The number of fused-ring (bicyclic) bond motifs is 1. The van der Waals surface area contributed by atoms with Crippen molar-refractivity contribution in [2.24, 2.45) is 0 Å². The molecular formula is C20H9F5N4O. The van der Waals surface area contributed by atoms with Gasteiger partial charge in [-0.1, -0.05) is 12.1 Å². The molecule has 4 rings (SSSR count). The van der Waals surface area contributed by atoms with Crippen molar-refractivity contribution in [1.82, 2.24) is 14.6 Å². The Bertz CT molecular complexity index is 1380. The molecule has 10 heteroatoms. The molecule has 0 fully saturated rings. The molecule has 0 aliphatic carbocycles. The molecule has 0 atom stereocenters. The number of halogens is 5. The third-order valence-corrected chi connectivity index (χ3v) is 4.41. The van der Waals surface area contributed by atoms with Crippen LogP contribution in [0.3, 0.4) is 0 Å². The Morgan fingerprint density at radius 2 is 1.73 bits per heavy atom. The molecule has 0 spiro atoms. The van der Waals surface area contributed by atoms with Crippen LogP contribution in [0.5, 0.6) is 0 Å². The van der Waals surface area contributed by atoms with Crippen LogP contribution in [0.4, 0.5) is 22.0 Å². The van der Waals surface area contributed by atoms with Crippen LogP contribution in [0.15, 0.2) is 53.3 Å². The van der Waals surface area contributed by atoms with Gasteiger partial charge in [0.05, 0.1) is 22.9 Å². The largest absolute Gasteiger partial charge is 0.435 e. The topological polar surface area (TPSA) is 73.9 Å². The van der Waals surface area contributed by atoms with Crippen molar-refractivity contribution in [3.05, 3.63) is 81.8 Å². The maximum Gasteiger partial charge on any atom is 0.435 e. The lowest BCUT2D eigenvalue weighted by atomic mass is 10.0. The highest BCUT2D eigenvalue weighted by Crippen LogP contribution is 2.39. The van der Waals surface area contributed by atoms with E-state index in [1.807, 2.05) is 6.07 Å². The monoisotopic (exact) mass is 416 g/mol. The van der Waals surface area contributed by atoms with Gasteiger partial charge in [-0.2, -0.15) is 28.0 Å². The molecule has 2 aromatic carbocycles. The summed E-state index contributed by atoms with van der Waals surface area (Å²) in [7, 11) is 0. The molecule has 4 aromatic rings. The molecule has 0 unspecified atom stereocenters. The standard InChI is InChI=1S/C20H9F5N4O/c21-12-5-6-13(14(22)7-12)17-18(20(23,24)25)28-29-16(30)8-15(27-19(17)29)11-3-1-10(9-26)2-4-11/h1-8,27H. The average Bonchev–Trinajstić information content (AvgIpc) is 3.08. The second-order valence-corrected chi connectivity index (χ2v) is 6.32. The highest BCUT2D eigenvalue weighted by Gasteiger charge is 2.40. The molecule has 2 heterocycles. The molecule has 150 valence electrons. The summed E-state index contributed by atoms with van der Waals surface area (Å²) in [6.45, 7) is 0. The number of aromatic nitrogens is 3. The normalized spacial score (nSPS) is 11.6. The van der Waals surface area contributed by atoms with Gasteiger partial charge in [-0.3, -0.25) is 4.79 Å². The summed E-state index contributed by atoms with van der Waals surface area (Å²) in [5.41, 5.74) is -3.16. The summed E-state index contributed by atoms with van der Waals surface area (Å²) in [4.78, 5) is 15.1. The molecule has 0 saturated heterocycles. The highest BCUT2D eigenvalue weighted by atomic mass is 19.4. The van der Waals surface area contributed by atoms with E-state index >= 15 is 0 Å². The van der Waals surface area contributed by atoms with Gasteiger partial charge in [-0.25, -0.2) is 8.78 Å². The second-order valence-electron chi connectivity index (χ2n) is 6.32. The number of nitriles is 1. The lowest BCUT2D eigenvalue weighted by molar-refractivity contribution is -0.140. The van der Waals surface area contributed by atoms with E-state index in [9.17, 15) is 26.7 Å². The zero-order chi connectivity index (χ0) is 21.6. The van der Waals surface area contributed by atoms with E-state index in [0.717, 1.165) is 18.2 Å². The van der Waals surface area contributed by atoms with Crippen LogP contribution in [0.1, 0.15) is 11.3 Å². The molecule has 30 heavy (non-hydrogen) atoms. The zero-order valence-electron chi connectivity index (χ0n) is 14.8. The number of nitrogens with one attached hydrogen (secondary N) is 1. The number of hydrogen-bond donors (Lipinski definition) is 1. The molecule has 0 saturated carbocycles. The van der Waals surface area contributed by atoms with E-state index in [-0.39, 0.29) is 5.69 Å². The van der Waals surface area contributed by atoms with Crippen molar-refractivity contribution in [2.45, 2.75) is 6.18 Å².